The van der Waals surface area contributed by atoms with Crippen LogP contribution in [0, 0.1) is 0 Å². The van der Waals surface area contributed by atoms with Gasteiger partial charge in [-0.1, -0.05) is 0 Å². The first-order valence-corrected chi connectivity index (χ1v) is 4.60. The van der Waals surface area contributed by atoms with Crippen molar-refractivity contribution in [2.45, 2.75) is 6.18 Å². The summed E-state index contributed by atoms with van der Waals surface area (Å²) in [4.78, 5) is 7.76. The molecule has 92 valence electrons. The van der Waals surface area contributed by atoms with Crippen molar-refractivity contribution >= 4 is 17.3 Å². The van der Waals surface area contributed by atoms with E-state index in [4.69, 9.17) is 5.84 Å². The maximum atomic E-state index is 12.1. The van der Waals surface area contributed by atoms with Crippen LogP contribution in [0.2, 0.25) is 0 Å². The molecule has 2 aromatic heterocycles. The summed E-state index contributed by atoms with van der Waals surface area (Å²) in [5, 5.41) is 2.17. The third-order valence-corrected chi connectivity index (χ3v) is 1.98. The van der Waals surface area contributed by atoms with E-state index in [1.165, 1.54) is 16.8 Å². The Morgan fingerprint density at radius 3 is 2.82 bits per heavy atom. The first-order valence-electron chi connectivity index (χ1n) is 4.60. The third-order valence-electron chi connectivity index (χ3n) is 1.98. The minimum Gasteiger partial charge on any atom is -0.358 e. The van der Waals surface area contributed by atoms with Crippen molar-refractivity contribution in [1.82, 2.24) is 14.4 Å². The molecular formula is C8H9F3N6. The Kier molecular flexibility index (Phi) is 2.76. The molecule has 0 aromatic carbocycles. The molecule has 6 nitrogen and oxygen atoms in total. The lowest BCUT2D eigenvalue weighted by Crippen LogP contribution is -2.22. The van der Waals surface area contributed by atoms with E-state index in [2.05, 4.69) is 20.7 Å². The summed E-state index contributed by atoms with van der Waals surface area (Å²) in [6.45, 7) is -1.18. The quantitative estimate of drug-likeness (QED) is 0.556. The third kappa shape index (κ3) is 2.56. The SMILES string of the molecule is NNc1cn2ccnc2c(NCC(F)(F)F)n1. The molecule has 2 rings (SSSR count). The molecule has 0 fully saturated rings. The molecular weight excluding hydrogens is 237 g/mol. The van der Waals surface area contributed by atoms with Gasteiger partial charge in [-0.3, -0.25) is 0 Å². The Bertz CT molecular complexity index is 519. The van der Waals surface area contributed by atoms with E-state index in [1.54, 1.807) is 6.20 Å². The number of aromatic nitrogens is 3. The summed E-state index contributed by atoms with van der Waals surface area (Å²) in [5.74, 6) is 5.42. The Balaban J connectivity index is 2.34. The number of alkyl halides is 3. The zero-order valence-corrected chi connectivity index (χ0v) is 8.49. The molecule has 0 amide bonds. The van der Waals surface area contributed by atoms with Gasteiger partial charge in [0.1, 0.15) is 6.54 Å². The summed E-state index contributed by atoms with van der Waals surface area (Å²) in [6, 6.07) is 0. The number of halogens is 3. The van der Waals surface area contributed by atoms with E-state index in [-0.39, 0.29) is 11.6 Å². The van der Waals surface area contributed by atoms with Crippen LogP contribution in [0.5, 0.6) is 0 Å². The van der Waals surface area contributed by atoms with Crippen LogP contribution in [-0.2, 0) is 0 Å². The molecule has 2 aromatic rings. The summed E-state index contributed by atoms with van der Waals surface area (Å²) in [6.07, 6.45) is 0.227. The van der Waals surface area contributed by atoms with Gasteiger partial charge in [-0.25, -0.2) is 15.8 Å². The number of nitrogen functional groups attached to an aromatic ring is 1. The highest BCUT2D eigenvalue weighted by molar-refractivity contribution is 5.65. The van der Waals surface area contributed by atoms with E-state index in [1.807, 2.05) is 0 Å². The number of nitrogens with zero attached hydrogens (tertiary/aromatic N) is 3. The van der Waals surface area contributed by atoms with Crippen LogP contribution < -0.4 is 16.6 Å². The number of anilines is 2. The smallest absolute Gasteiger partial charge is 0.358 e. The van der Waals surface area contributed by atoms with Gasteiger partial charge in [0.15, 0.2) is 17.3 Å². The maximum absolute atomic E-state index is 12.1. The number of rotatable bonds is 3. The molecule has 0 aliphatic heterocycles. The van der Waals surface area contributed by atoms with Gasteiger partial charge in [-0.15, -0.1) is 0 Å². The maximum Gasteiger partial charge on any atom is 0.405 e. The zero-order valence-electron chi connectivity index (χ0n) is 8.49. The van der Waals surface area contributed by atoms with Gasteiger partial charge >= 0.3 is 6.18 Å². The van der Waals surface area contributed by atoms with Crippen LogP contribution in [-0.4, -0.2) is 27.1 Å². The standard InChI is InChI=1S/C8H9F3N6/c9-8(10,11)4-14-6-7-13-1-2-17(7)3-5(15-6)16-12/h1-3,16H,4,12H2,(H,14,15). The summed E-state index contributed by atoms with van der Waals surface area (Å²) < 4.78 is 37.8. The monoisotopic (exact) mass is 246 g/mol. The first-order chi connectivity index (χ1) is 7.99. The Hall–Kier alpha value is -2.03. The molecule has 0 atom stereocenters. The highest BCUT2D eigenvalue weighted by Gasteiger charge is 2.27. The molecule has 0 aliphatic carbocycles. The van der Waals surface area contributed by atoms with Crippen LogP contribution in [0.1, 0.15) is 0 Å². The van der Waals surface area contributed by atoms with Gasteiger partial charge in [-0.05, 0) is 0 Å². The van der Waals surface area contributed by atoms with Gasteiger partial charge in [-0.2, -0.15) is 13.2 Å². The van der Waals surface area contributed by atoms with Crippen molar-refractivity contribution < 1.29 is 13.2 Å². The Morgan fingerprint density at radius 1 is 1.41 bits per heavy atom. The van der Waals surface area contributed by atoms with E-state index >= 15 is 0 Å². The minimum atomic E-state index is -4.32. The molecule has 2 heterocycles. The molecule has 0 spiro atoms. The summed E-state index contributed by atoms with van der Waals surface area (Å²) >= 11 is 0. The number of hydrogen-bond acceptors (Lipinski definition) is 5. The molecule has 0 saturated heterocycles. The van der Waals surface area contributed by atoms with Crippen molar-refractivity contribution in [2.75, 3.05) is 17.3 Å². The molecule has 0 saturated carbocycles. The average molecular weight is 246 g/mol. The van der Waals surface area contributed by atoms with Crippen LogP contribution in [0.4, 0.5) is 24.8 Å². The van der Waals surface area contributed by atoms with Crippen LogP contribution >= 0.6 is 0 Å². The first kappa shape index (κ1) is 11.5. The van der Waals surface area contributed by atoms with E-state index in [0.29, 0.717) is 5.65 Å². The van der Waals surface area contributed by atoms with E-state index < -0.39 is 12.7 Å². The second-order valence-corrected chi connectivity index (χ2v) is 3.25. The number of nitrogens with two attached hydrogens (primary N) is 1. The fraction of sp³-hybridized carbons (Fsp3) is 0.250. The number of hydrogen-bond donors (Lipinski definition) is 3. The second-order valence-electron chi connectivity index (χ2n) is 3.25. The predicted octanol–water partition coefficient (Wildman–Crippen LogP) is 0.989. The van der Waals surface area contributed by atoms with Gasteiger partial charge in [0.2, 0.25) is 0 Å². The summed E-state index contributed by atoms with van der Waals surface area (Å²) in [5.41, 5.74) is 2.56. The predicted molar refractivity (Wildman–Crippen MR) is 55.3 cm³/mol. The average Bonchev–Trinajstić information content (AvgIpc) is 2.72. The van der Waals surface area contributed by atoms with Gasteiger partial charge in [0.05, 0.1) is 6.20 Å². The molecule has 0 radical (unpaired) electrons. The molecule has 0 unspecified atom stereocenters. The second kappa shape index (κ2) is 4.09. The molecule has 17 heavy (non-hydrogen) atoms. The minimum absolute atomic E-state index is 0.0165. The Labute approximate surface area is 93.6 Å². The van der Waals surface area contributed by atoms with Crippen molar-refractivity contribution in [1.29, 1.82) is 0 Å². The van der Waals surface area contributed by atoms with Crippen molar-refractivity contribution in [3.63, 3.8) is 0 Å². The molecule has 0 bridgehead atoms. The lowest BCUT2D eigenvalue weighted by atomic mass is 10.5. The lowest BCUT2D eigenvalue weighted by molar-refractivity contribution is -0.115. The fourth-order valence-electron chi connectivity index (χ4n) is 1.30. The van der Waals surface area contributed by atoms with Crippen LogP contribution in [0.3, 0.4) is 0 Å². The van der Waals surface area contributed by atoms with Crippen molar-refractivity contribution in [2.24, 2.45) is 5.84 Å². The molecule has 9 heteroatoms. The van der Waals surface area contributed by atoms with Gasteiger partial charge < -0.3 is 15.1 Å². The normalized spacial score (nSPS) is 11.8. The van der Waals surface area contributed by atoms with Crippen molar-refractivity contribution in [3.8, 4) is 0 Å². The fourth-order valence-corrected chi connectivity index (χ4v) is 1.30. The number of nitrogens with one attached hydrogen (secondary N) is 2. The van der Waals surface area contributed by atoms with Crippen molar-refractivity contribution in [3.05, 3.63) is 18.6 Å². The highest BCUT2D eigenvalue weighted by atomic mass is 19.4. The van der Waals surface area contributed by atoms with Gasteiger partial charge in [0, 0.05) is 12.4 Å². The van der Waals surface area contributed by atoms with E-state index in [0.717, 1.165) is 0 Å². The number of imidazole rings is 1. The largest absolute Gasteiger partial charge is 0.405 e. The highest BCUT2D eigenvalue weighted by Crippen LogP contribution is 2.19. The lowest BCUT2D eigenvalue weighted by Gasteiger charge is -2.10. The Morgan fingerprint density at radius 2 is 2.18 bits per heavy atom. The molecule has 4 N–H and O–H groups in total. The van der Waals surface area contributed by atoms with Crippen LogP contribution in [0.15, 0.2) is 18.6 Å². The zero-order chi connectivity index (χ0) is 12.5. The number of hydrazine groups is 1. The number of fused-ring (bicyclic) bond motifs is 1. The van der Waals surface area contributed by atoms with Crippen LogP contribution in [0.25, 0.3) is 5.65 Å². The summed E-state index contributed by atoms with van der Waals surface area (Å²) in [7, 11) is 0. The van der Waals surface area contributed by atoms with Gasteiger partial charge in [0.25, 0.3) is 0 Å². The van der Waals surface area contributed by atoms with E-state index in [9.17, 15) is 13.2 Å². The molecule has 0 aliphatic rings. The topological polar surface area (TPSA) is 80.3 Å².